The molecule has 3 nitrogen and oxygen atoms in total. The van der Waals surface area contributed by atoms with Crippen LogP contribution in [0.5, 0.6) is 0 Å². The van der Waals surface area contributed by atoms with Crippen molar-refractivity contribution in [3.8, 4) is 0 Å². The van der Waals surface area contributed by atoms with Gasteiger partial charge in [0.25, 0.3) is 0 Å². The van der Waals surface area contributed by atoms with Crippen LogP contribution in [0.1, 0.15) is 52.9 Å². The number of nitrogens with two attached hydrogens (primary N) is 1. The Bertz CT molecular complexity index is 285. The fourth-order valence-electron chi connectivity index (χ4n) is 2.67. The van der Waals surface area contributed by atoms with Crippen LogP contribution in [0.3, 0.4) is 0 Å². The van der Waals surface area contributed by atoms with Crippen LogP contribution in [-0.4, -0.2) is 29.6 Å². The first-order chi connectivity index (χ1) is 9.04. The lowest BCUT2D eigenvalue weighted by atomic mass is 9.86. The number of thioether (sulfide) groups is 1. The van der Waals surface area contributed by atoms with E-state index in [-0.39, 0.29) is 5.97 Å². The quantitative estimate of drug-likeness (QED) is 0.550. The molecule has 0 radical (unpaired) electrons. The summed E-state index contributed by atoms with van der Waals surface area (Å²) < 4.78 is 5.15. The van der Waals surface area contributed by atoms with Crippen LogP contribution in [0.25, 0.3) is 0 Å². The Morgan fingerprint density at radius 2 is 2.26 bits per heavy atom. The minimum absolute atomic E-state index is 0.190. The summed E-state index contributed by atoms with van der Waals surface area (Å²) in [5.41, 5.74) is 5.60. The minimum atomic E-state index is -0.715. The van der Waals surface area contributed by atoms with Gasteiger partial charge in [-0.05, 0) is 49.5 Å². The molecule has 0 aromatic heterocycles. The molecule has 3 atom stereocenters. The van der Waals surface area contributed by atoms with Crippen molar-refractivity contribution in [3.63, 3.8) is 0 Å². The zero-order valence-corrected chi connectivity index (χ0v) is 13.4. The maximum atomic E-state index is 12.0. The zero-order valence-electron chi connectivity index (χ0n) is 12.6. The van der Waals surface area contributed by atoms with E-state index >= 15 is 0 Å². The minimum Gasteiger partial charge on any atom is -0.465 e. The summed E-state index contributed by atoms with van der Waals surface area (Å²) in [4.78, 5) is 12.0. The van der Waals surface area contributed by atoms with Gasteiger partial charge >= 0.3 is 5.97 Å². The first kappa shape index (κ1) is 16.8. The summed E-state index contributed by atoms with van der Waals surface area (Å²) in [7, 11) is 0. The van der Waals surface area contributed by atoms with Crippen LogP contribution < -0.4 is 5.73 Å². The molecular weight excluding hydrogens is 258 g/mol. The molecule has 1 saturated carbocycles. The van der Waals surface area contributed by atoms with Crippen molar-refractivity contribution >= 4 is 17.7 Å². The first-order valence-electron chi connectivity index (χ1n) is 7.58. The summed E-state index contributed by atoms with van der Waals surface area (Å²) in [6, 6.07) is 0. The maximum Gasteiger partial charge on any atom is 0.326 e. The molecule has 0 aromatic carbocycles. The normalized spacial score (nSPS) is 28.3. The van der Waals surface area contributed by atoms with Crippen LogP contribution in [0.2, 0.25) is 0 Å². The van der Waals surface area contributed by atoms with Gasteiger partial charge in [-0.1, -0.05) is 26.7 Å². The van der Waals surface area contributed by atoms with Crippen molar-refractivity contribution in [1.29, 1.82) is 0 Å². The first-order valence-corrected chi connectivity index (χ1v) is 8.73. The van der Waals surface area contributed by atoms with Gasteiger partial charge < -0.3 is 10.5 Å². The fourth-order valence-corrected chi connectivity index (χ4v) is 3.92. The van der Waals surface area contributed by atoms with Crippen molar-refractivity contribution in [2.24, 2.45) is 17.6 Å². The third-order valence-corrected chi connectivity index (χ3v) is 5.57. The van der Waals surface area contributed by atoms with Crippen LogP contribution >= 0.6 is 11.8 Å². The lowest BCUT2D eigenvalue weighted by Crippen LogP contribution is -2.52. The smallest absolute Gasteiger partial charge is 0.326 e. The van der Waals surface area contributed by atoms with E-state index in [0.29, 0.717) is 12.5 Å². The number of hydrogen-bond acceptors (Lipinski definition) is 4. The summed E-state index contributed by atoms with van der Waals surface area (Å²) in [6.45, 7) is 6.78. The molecule has 0 amide bonds. The molecule has 1 fully saturated rings. The van der Waals surface area contributed by atoms with Gasteiger partial charge in [0.05, 0.1) is 6.61 Å². The Balaban J connectivity index is 2.37. The number of ether oxygens (including phenoxy) is 1. The van der Waals surface area contributed by atoms with Crippen molar-refractivity contribution in [3.05, 3.63) is 0 Å². The predicted molar refractivity (Wildman–Crippen MR) is 82.3 cm³/mol. The van der Waals surface area contributed by atoms with Gasteiger partial charge in [-0.15, -0.1) is 0 Å². The van der Waals surface area contributed by atoms with Gasteiger partial charge in [0.1, 0.15) is 5.54 Å². The van der Waals surface area contributed by atoms with Gasteiger partial charge in [-0.2, -0.15) is 11.8 Å². The average Bonchev–Trinajstić information content (AvgIpc) is 2.77. The van der Waals surface area contributed by atoms with Crippen LogP contribution in [0.4, 0.5) is 0 Å². The van der Waals surface area contributed by atoms with Crippen molar-refractivity contribution in [2.45, 2.75) is 58.4 Å². The SMILES string of the molecule is CCOC(=O)C1(N)CCCC1CCSCC(C)CC. The number of carbonyl (C=O) groups excluding carboxylic acids is 1. The molecule has 0 spiro atoms. The molecule has 2 N–H and O–H groups in total. The third-order valence-electron chi connectivity index (χ3n) is 4.24. The zero-order chi connectivity index (χ0) is 14.3. The Morgan fingerprint density at radius 1 is 1.53 bits per heavy atom. The summed E-state index contributed by atoms with van der Waals surface area (Å²) in [6.07, 6.45) is 5.18. The van der Waals surface area contributed by atoms with E-state index in [0.717, 1.165) is 37.4 Å². The van der Waals surface area contributed by atoms with E-state index < -0.39 is 5.54 Å². The second kappa shape index (κ2) is 8.15. The van der Waals surface area contributed by atoms with Gasteiger partial charge in [-0.25, -0.2) is 0 Å². The molecule has 112 valence electrons. The Hall–Kier alpha value is -0.220. The highest BCUT2D eigenvalue weighted by Crippen LogP contribution is 2.37. The molecule has 1 aliphatic rings. The standard InChI is InChI=1S/C15H29NO2S/c1-4-12(3)11-19-10-8-13-7-6-9-15(13,16)14(17)18-5-2/h12-13H,4-11,16H2,1-3H3. The molecule has 0 aromatic rings. The van der Waals surface area contributed by atoms with E-state index in [1.807, 2.05) is 18.7 Å². The number of carbonyl (C=O) groups is 1. The molecular formula is C15H29NO2S. The molecule has 1 rings (SSSR count). The highest BCUT2D eigenvalue weighted by Gasteiger charge is 2.46. The van der Waals surface area contributed by atoms with Crippen molar-refractivity contribution in [1.82, 2.24) is 0 Å². The van der Waals surface area contributed by atoms with Gasteiger partial charge in [0.2, 0.25) is 0 Å². The topological polar surface area (TPSA) is 52.3 Å². The maximum absolute atomic E-state index is 12.0. The van der Waals surface area contributed by atoms with E-state index in [2.05, 4.69) is 13.8 Å². The molecule has 0 bridgehead atoms. The summed E-state index contributed by atoms with van der Waals surface area (Å²) in [5.74, 6) is 3.20. The van der Waals surface area contributed by atoms with Crippen molar-refractivity contribution in [2.75, 3.05) is 18.1 Å². The fraction of sp³-hybridized carbons (Fsp3) is 0.933. The lowest BCUT2D eigenvalue weighted by Gasteiger charge is -2.29. The van der Waals surface area contributed by atoms with E-state index in [1.54, 1.807) is 0 Å². The monoisotopic (exact) mass is 287 g/mol. The second-order valence-corrected chi connectivity index (χ2v) is 6.88. The number of hydrogen-bond donors (Lipinski definition) is 1. The lowest BCUT2D eigenvalue weighted by molar-refractivity contribution is -0.151. The third kappa shape index (κ3) is 4.67. The number of esters is 1. The molecule has 4 heteroatoms. The predicted octanol–water partition coefficient (Wildman–Crippen LogP) is 3.22. The Labute approximate surface area is 122 Å². The highest BCUT2D eigenvalue weighted by atomic mass is 32.2. The molecule has 1 aliphatic carbocycles. The average molecular weight is 287 g/mol. The van der Waals surface area contributed by atoms with Gasteiger partial charge in [0.15, 0.2) is 0 Å². The van der Waals surface area contributed by atoms with Crippen LogP contribution in [-0.2, 0) is 9.53 Å². The number of rotatable bonds is 8. The molecule has 3 unspecified atom stereocenters. The van der Waals surface area contributed by atoms with Gasteiger partial charge in [-0.3, -0.25) is 4.79 Å². The highest BCUT2D eigenvalue weighted by molar-refractivity contribution is 7.99. The van der Waals surface area contributed by atoms with E-state index in [4.69, 9.17) is 10.5 Å². The Morgan fingerprint density at radius 3 is 2.89 bits per heavy atom. The molecule has 0 saturated heterocycles. The van der Waals surface area contributed by atoms with E-state index in [9.17, 15) is 4.79 Å². The molecule has 0 heterocycles. The largest absolute Gasteiger partial charge is 0.465 e. The van der Waals surface area contributed by atoms with Crippen LogP contribution in [0.15, 0.2) is 0 Å². The van der Waals surface area contributed by atoms with Gasteiger partial charge in [0, 0.05) is 0 Å². The van der Waals surface area contributed by atoms with Crippen LogP contribution in [0, 0.1) is 11.8 Å². The summed E-state index contributed by atoms with van der Waals surface area (Å²) >= 11 is 1.99. The molecule has 0 aliphatic heterocycles. The molecule has 19 heavy (non-hydrogen) atoms. The second-order valence-electron chi connectivity index (χ2n) is 5.73. The van der Waals surface area contributed by atoms with Crippen molar-refractivity contribution < 1.29 is 9.53 Å². The Kier molecular flexibility index (Phi) is 7.22. The summed E-state index contributed by atoms with van der Waals surface area (Å²) in [5, 5.41) is 0. The van der Waals surface area contributed by atoms with E-state index in [1.165, 1.54) is 12.2 Å².